The Kier molecular flexibility index (Phi) is 5.34. The number of H-pyrrole nitrogens is 1. The lowest BCUT2D eigenvalue weighted by Gasteiger charge is -2.34. The van der Waals surface area contributed by atoms with Crippen LogP contribution in [0, 0.1) is 11.6 Å². The minimum atomic E-state index is -4.48. The van der Waals surface area contributed by atoms with Gasteiger partial charge < -0.3 is 10.5 Å². The SMILES string of the molecule is N[C@H]1CC(N2CCc3c(C(F)(F)F)n[nH]c3C2)CCO[C@@H]1c1cc(F)ccc1F. The first kappa shape index (κ1) is 20.2. The van der Waals surface area contributed by atoms with Gasteiger partial charge in [-0.3, -0.25) is 10.00 Å². The van der Waals surface area contributed by atoms with E-state index >= 15 is 0 Å². The lowest BCUT2D eigenvalue weighted by molar-refractivity contribution is -0.141. The highest BCUT2D eigenvalue weighted by molar-refractivity contribution is 5.30. The van der Waals surface area contributed by atoms with E-state index < -0.39 is 35.7 Å². The molecule has 1 fully saturated rings. The predicted octanol–water partition coefficient (Wildman–Crippen LogP) is 3.31. The van der Waals surface area contributed by atoms with Crippen molar-refractivity contribution in [1.29, 1.82) is 0 Å². The van der Waals surface area contributed by atoms with Crippen molar-refractivity contribution < 1.29 is 26.7 Å². The molecular weight excluding hydrogens is 395 g/mol. The third kappa shape index (κ3) is 4.01. The lowest BCUT2D eigenvalue weighted by Crippen LogP contribution is -2.43. The molecule has 0 aliphatic carbocycles. The van der Waals surface area contributed by atoms with Gasteiger partial charge in [0.25, 0.3) is 0 Å². The molecule has 3 N–H and O–H groups in total. The van der Waals surface area contributed by atoms with Gasteiger partial charge in [0.05, 0.1) is 5.69 Å². The summed E-state index contributed by atoms with van der Waals surface area (Å²) in [4.78, 5) is 2.05. The van der Waals surface area contributed by atoms with E-state index in [0.717, 1.165) is 18.2 Å². The summed E-state index contributed by atoms with van der Waals surface area (Å²) in [6.45, 7) is 1.03. The Morgan fingerprint density at radius 3 is 2.79 bits per heavy atom. The van der Waals surface area contributed by atoms with E-state index in [4.69, 9.17) is 10.5 Å². The number of fused-ring (bicyclic) bond motifs is 1. The van der Waals surface area contributed by atoms with Gasteiger partial charge in [-0.05, 0) is 37.5 Å². The van der Waals surface area contributed by atoms with Gasteiger partial charge in [-0.25, -0.2) is 8.78 Å². The number of alkyl halides is 3. The number of nitrogens with zero attached hydrogens (tertiary/aromatic N) is 2. The summed E-state index contributed by atoms with van der Waals surface area (Å²) in [5.41, 5.74) is 6.17. The Morgan fingerprint density at radius 2 is 2.03 bits per heavy atom. The zero-order chi connectivity index (χ0) is 20.8. The van der Waals surface area contributed by atoms with Gasteiger partial charge >= 0.3 is 6.18 Å². The van der Waals surface area contributed by atoms with Gasteiger partial charge in [0, 0.05) is 42.9 Å². The van der Waals surface area contributed by atoms with Crippen LogP contribution in [0.5, 0.6) is 0 Å². The third-order valence-electron chi connectivity index (χ3n) is 5.69. The first-order valence-corrected chi connectivity index (χ1v) is 9.43. The lowest BCUT2D eigenvalue weighted by atomic mass is 9.94. The molecule has 2 aliphatic rings. The van der Waals surface area contributed by atoms with E-state index in [2.05, 4.69) is 10.2 Å². The van der Waals surface area contributed by atoms with Crippen LogP contribution in [0.15, 0.2) is 18.2 Å². The Labute approximate surface area is 164 Å². The average Bonchev–Trinajstić information content (AvgIpc) is 3.00. The predicted molar refractivity (Wildman–Crippen MR) is 93.8 cm³/mol. The largest absolute Gasteiger partial charge is 0.435 e. The summed E-state index contributed by atoms with van der Waals surface area (Å²) in [7, 11) is 0. The van der Waals surface area contributed by atoms with Crippen molar-refractivity contribution in [3.05, 3.63) is 52.3 Å². The molecule has 5 nitrogen and oxygen atoms in total. The van der Waals surface area contributed by atoms with Gasteiger partial charge in [-0.2, -0.15) is 18.3 Å². The quantitative estimate of drug-likeness (QED) is 0.738. The van der Waals surface area contributed by atoms with Crippen molar-refractivity contribution in [2.75, 3.05) is 13.2 Å². The van der Waals surface area contributed by atoms with Crippen LogP contribution in [-0.2, 0) is 23.9 Å². The molecule has 1 aromatic carbocycles. The van der Waals surface area contributed by atoms with Gasteiger partial charge in [0.1, 0.15) is 17.7 Å². The molecule has 0 bridgehead atoms. The highest BCUT2D eigenvalue weighted by Gasteiger charge is 2.40. The zero-order valence-electron chi connectivity index (χ0n) is 15.5. The molecule has 1 aromatic heterocycles. The number of benzene rings is 1. The van der Waals surface area contributed by atoms with Gasteiger partial charge in [-0.15, -0.1) is 0 Å². The van der Waals surface area contributed by atoms with Crippen LogP contribution in [-0.4, -0.2) is 40.3 Å². The molecule has 158 valence electrons. The van der Waals surface area contributed by atoms with E-state index in [1.54, 1.807) is 0 Å². The molecule has 29 heavy (non-hydrogen) atoms. The molecule has 2 aromatic rings. The molecule has 4 rings (SSSR count). The van der Waals surface area contributed by atoms with Crippen molar-refractivity contribution in [3.63, 3.8) is 0 Å². The minimum Gasteiger partial charge on any atom is -0.372 e. The van der Waals surface area contributed by atoms with Crippen molar-refractivity contribution in [3.8, 4) is 0 Å². The van der Waals surface area contributed by atoms with E-state index in [9.17, 15) is 22.0 Å². The standard InChI is InChI=1S/C19H21F5N4O/c20-10-1-2-14(21)13(7-10)17-15(25)8-11(4-6-29-17)28-5-3-12-16(9-28)26-27-18(12)19(22,23)24/h1-2,7,11,15,17H,3-6,8-9,25H2,(H,26,27)/t11?,15-,17+/m0/s1. The maximum Gasteiger partial charge on any atom is 0.435 e. The molecule has 0 saturated carbocycles. The van der Waals surface area contributed by atoms with Crippen molar-refractivity contribution in [1.82, 2.24) is 15.1 Å². The maximum atomic E-state index is 14.2. The van der Waals surface area contributed by atoms with Gasteiger partial charge in [-0.1, -0.05) is 0 Å². The van der Waals surface area contributed by atoms with E-state index in [1.165, 1.54) is 0 Å². The first-order valence-electron chi connectivity index (χ1n) is 9.43. The molecule has 1 saturated heterocycles. The third-order valence-corrected chi connectivity index (χ3v) is 5.69. The number of nitrogens with two attached hydrogens (primary N) is 1. The molecule has 3 atom stereocenters. The number of aromatic nitrogens is 2. The van der Waals surface area contributed by atoms with Gasteiger partial charge in [0.15, 0.2) is 5.69 Å². The summed E-state index contributed by atoms with van der Waals surface area (Å²) >= 11 is 0. The number of halogens is 5. The number of nitrogens with one attached hydrogen (secondary N) is 1. The van der Waals surface area contributed by atoms with Crippen molar-refractivity contribution >= 4 is 0 Å². The molecule has 2 aliphatic heterocycles. The molecule has 0 spiro atoms. The van der Waals surface area contributed by atoms with Crippen LogP contribution in [0.1, 0.15) is 41.5 Å². The molecule has 1 unspecified atom stereocenters. The zero-order valence-corrected chi connectivity index (χ0v) is 15.5. The summed E-state index contributed by atoms with van der Waals surface area (Å²) in [6.07, 6.45) is -3.98. The molecule has 3 heterocycles. The smallest absolute Gasteiger partial charge is 0.372 e. The summed E-state index contributed by atoms with van der Waals surface area (Å²) < 4.78 is 72.6. The number of ether oxygens (including phenoxy) is 1. The second-order valence-electron chi connectivity index (χ2n) is 7.55. The fourth-order valence-electron chi connectivity index (χ4n) is 4.28. The Bertz CT molecular complexity index is 884. The molecular formula is C19H21F5N4O. The average molecular weight is 416 g/mol. The van der Waals surface area contributed by atoms with Crippen molar-refractivity contribution in [2.45, 2.75) is 50.2 Å². The van der Waals surface area contributed by atoms with Crippen LogP contribution >= 0.6 is 0 Å². The van der Waals surface area contributed by atoms with E-state index in [0.29, 0.717) is 38.2 Å². The van der Waals surface area contributed by atoms with Crippen LogP contribution < -0.4 is 5.73 Å². The second kappa shape index (κ2) is 7.66. The highest BCUT2D eigenvalue weighted by Crippen LogP contribution is 2.36. The summed E-state index contributed by atoms with van der Waals surface area (Å²) in [5.74, 6) is -1.15. The van der Waals surface area contributed by atoms with E-state index in [1.807, 2.05) is 4.90 Å². The van der Waals surface area contributed by atoms with Crippen molar-refractivity contribution in [2.24, 2.45) is 5.73 Å². The monoisotopic (exact) mass is 416 g/mol. The van der Waals surface area contributed by atoms with Crippen LogP contribution in [0.2, 0.25) is 0 Å². The second-order valence-corrected chi connectivity index (χ2v) is 7.55. The molecule has 0 amide bonds. The Hall–Kier alpha value is -2.04. The van der Waals surface area contributed by atoms with Crippen LogP contribution in [0.25, 0.3) is 0 Å². The van der Waals surface area contributed by atoms with E-state index in [-0.39, 0.29) is 23.6 Å². The summed E-state index contributed by atoms with van der Waals surface area (Å²) in [6, 6.07) is 2.56. The Morgan fingerprint density at radius 1 is 1.24 bits per heavy atom. The first-order chi connectivity index (χ1) is 13.7. The number of hydrogen-bond acceptors (Lipinski definition) is 4. The number of rotatable bonds is 2. The molecule has 0 radical (unpaired) electrons. The molecule has 10 heteroatoms. The minimum absolute atomic E-state index is 0.0441. The van der Waals surface area contributed by atoms with Crippen LogP contribution in [0.3, 0.4) is 0 Å². The maximum absolute atomic E-state index is 14.2. The topological polar surface area (TPSA) is 67.2 Å². The number of hydrogen-bond donors (Lipinski definition) is 2. The number of aromatic amines is 1. The van der Waals surface area contributed by atoms with Crippen LogP contribution in [0.4, 0.5) is 22.0 Å². The fourth-order valence-corrected chi connectivity index (χ4v) is 4.28. The van der Waals surface area contributed by atoms with Gasteiger partial charge in [0.2, 0.25) is 0 Å². The fraction of sp³-hybridized carbons (Fsp3) is 0.526. The normalized spacial score (nSPS) is 26.2. The summed E-state index contributed by atoms with van der Waals surface area (Å²) in [5, 5.41) is 5.96. The highest BCUT2D eigenvalue weighted by atomic mass is 19.4. The Balaban J connectivity index is 1.49.